The van der Waals surface area contributed by atoms with E-state index < -0.39 is 0 Å². The summed E-state index contributed by atoms with van der Waals surface area (Å²) in [5, 5.41) is 25.1. The first-order chi connectivity index (χ1) is 9.61. The normalized spacial score (nSPS) is 23.8. The largest absolute Gasteiger partial charge is 0.409 e. The second-order valence-electron chi connectivity index (χ2n) is 5.47. The van der Waals surface area contributed by atoms with Crippen LogP contribution in [0.4, 0.5) is 0 Å². The minimum Gasteiger partial charge on any atom is -0.409 e. The predicted molar refractivity (Wildman–Crippen MR) is 78.8 cm³/mol. The molecule has 5 N–H and O–H groups in total. The minimum atomic E-state index is -0.236. The van der Waals surface area contributed by atoms with E-state index in [4.69, 9.17) is 10.9 Å². The number of nitrogens with zero attached hydrogens (tertiary/aromatic N) is 1. The number of hydrogen-bond donors (Lipinski definition) is 4. The zero-order valence-electron chi connectivity index (χ0n) is 11.8. The molecule has 0 amide bonds. The van der Waals surface area contributed by atoms with E-state index in [1.807, 2.05) is 25.1 Å². The highest BCUT2D eigenvalue weighted by molar-refractivity contribution is 5.97. The van der Waals surface area contributed by atoms with Crippen molar-refractivity contribution in [3.8, 4) is 0 Å². The van der Waals surface area contributed by atoms with Crippen molar-refractivity contribution in [1.29, 1.82) is 0 Å². The first-order valence-electron chi connectivity index (χ1n) is 7.10. The van der Waals surface area contributed by atoms with E-state index in [1.165, 1.54) is 6.42 Å². The molecule has 1 saturated carbocycles. The van der Waals surface area contributed by atoms with Crippen molar-refractivity contribution in [2.45, 2.75) is 51.3 Å². The first kappa shape index (κ1) is 14.8. The number of nitrogens with one attached hydrogen (secondary N) is 1. The van der Waals surface area contributed by atoms with E-state index in [2.05, 4.69) is 10.5 Å². The standard InChI is InChI=1S/C15H23N3O2/c1-10-8-11(15(16)18-20)6-7-12(10)9-17-13-4-2-3-5-14(13)19/h6-8,13-14,17,19-20H,2-5,9H2,1H3,(H2,16,18). The minimum absolute atomic E-state index is 0.121. The Morgan fingerprint density at radius 2 is 2.15 bits per heavy atom. The van der Waals surface area contributed by atoms with Crippen molar-refractivity contribution in [2.24, 2.45) is 10.9 Å². The van der Waals surface area contributed by atoms with Crippen LogP contribution in [0.5, 0.6) is 0 Å². The number of hydrogen-bond acceptors (Lipinski definition) is 4. The highest BCUT2D eigenvalue weighted by Crippen LogP contribution is 2.19. The smallest absolute Gasteiger partial charge is 0.170 e. The van der Waals surface area contributed by atoms with Gasteiger partial charge in [-0.05, 0) is 37.0 Å². The Labute approximate surface area is 119 Å². The van der Waals surface area contributed by atoms with Gasteiger partial charge >= 0.3 is 0 Å². The molecular formula is C15H23N3O2. The Morgan fingerprint density at radius 1 is 1.40 bits per heavy atom. The van der Waals surface area contributed by atoms with Crippen LogP contribution in [0.15, 0.2) is 23.4 Å². The van der Waals surface area contributed by atoms with Crippen LogP contribution >= 0.6 is 0 Å². The molecule has 0 spiro atoms. The van der Waals surface area contributed by atoms with Gasteiger partial charge in [0, 0.05) is 18.2 Å². The van der Waals surface area contributed by atoms with Crippen LogP contribution in [0.1, 0.15) is 42.4 Å². The summed E-state index contributed by atoms with van der Waals surface area (Å²) >= 11 is 0. The first-order valence-corrected chi connectivity index (χ1v) is 7.10. The van der Waals surface area contributed by atoms with Gasteiger partial charge in [0.2, 0.25) is 0 Å². The lowest BCUT2D eigenvalue weighted by atomic mass is 9.92. The molecule has 1 aliphatic rings. The van der Waals surface area contributed by atoms with Crippen LogP contribution in [-0.4, -0.2) is 28.3 Å². The zero-order valence-corrected chi connectivity index (χ0v) is 11.8. The van der Waals surface area contributed by atoms with E-state index in [9.17, 15) is 5.11 Å². The van der Waals surface area contributed by atoms with Gasteiger partial charge in [-0.2, -0.15) is 0 Å². The van der Waals surface area contributed by atoms with Crippen LogP contribution in [0.25, 0.3) is 0 Å². The lowest BCUT2D eigenvalue weighted by Gasteiger charge is -2.28. The Morgan fingerprint density at radius 3 is 2.80 bits per heavy atom. The molecule has 110 valence electrons. The highest BCUT2D eigenvalue weighted by Gasteiger charge is 2.22. The number of nitrogens with two attached hydrogens (primary N) is 1. The SMILES string of the molecule is Cc1cc(/C(N)=N/O)ccc1CNC1CCCCC1O. The third-order valence-corrected chi connectivity index (χ3v) is 4.03. The second kappa shape index (κ2) is 6.72. The van der Waals surface area contributed by atoms with E-state index in [1.54, 1.807) is 0 Å². The molecule has 0 aliphatic heterocycles. The average Bonchev–Trinajstić information content (AvgIpc) is 2.46. The summed E-state index contributed by atoms with van der Waals surface area (Å²) in [5.41, 5.74) is 8.54. The van der Waals surface area contributed by atoms with Gasteiger partial charge in [-0.15, -0.1) is 0 Å². The molecule has 1 fully saturated rings. The van der Waals surface area contributed by atoms with Crippen LogP contribution in [0, 0.1) is 6.92 Å². The number of oxime groups is 1. The fraction of sp³-hybridized carbons (Fsp3) is 0.533. The summed E-state index contributed by atoms with van der Waals surface area (Å²) in [6.45, 7) is 2.73. The van der Waals surface area contributed by atoms with Gasteiger partial charge in [-0.1, -0.05) is 30.1 Å². The Hall–Kier alpha value is -1.59. The van der Waals surface area contributed by atoms with Crippen molar-refractivity contribution in [2.75, 3.05) is 0 Å². The van der Waals surface area contributed by atoms with Crippen molar-refractivity contribution in [3.63, 3.8) is 0 Å². The quantitative estimate of drug-likeness (QED) is 0.290. The molecule has 0 radical (unpaired) electrons. The van der Waals surface area contributed by atoms with Gasteiger partial charge in [0.15, 0.2) is 5.84 Å². The molecule has 2 atom stereocenters. The topological polar surface area (TPSA) is 90.9 Å². The molecular weight excluding hydrogens is 254 g/mol. The van der Waals surface area contributed by atoms with Crippen molar-refractivity contribution >= 4 is 5.84 Å². The fourth-order valence-corrected chi connectivity index (χ4v) is 2.70. The average molecular weight is 277 g/mol. The van der Waals surface area contributed by atoms with Crippen LogP contribution in [0.2, 0.25) is 0 Å². The van der Waals surface area contributed by atoms with Crippen LogP contribution in [-0.2, 0) is 6.54 Å². The molecule has 5 heteroatoms. The molecule has 2 rings (SSSR count). The predicted octanol–water partition coefficient (Wildman–Crippen LogP) is 1.48. The fourth-order valence-electron chi connectivity index (χ4n) is 2.70. The Bertz CT molecular complexity index is 488. The maximum Gasteiger partial charge on any atom is 0.170 e. The Balaban J connectivity index is 1.99. The van der Waals surface area contributed by atoms with E-state index in [-0.39, 0.29) is 18.0 Å². The Kier molecular flexibility index (Phi) is 4.98. The van der Waals surface area contributed by atoms with E-state index in [0.29, 0.717) is 5.56 Å². The van der Waals surface area contributed by atoms with Crippen LogP contribution in [0.3, 0.4) is 0 Å². The maximum atomic E-state index is 9.94. The number of aliphatic hydroxyl groups is 1. The number of amidine groups is 1. The van der Waals surface area contributed by atoms with Gasteiger partial charge in [-0.25, -0.2) is 0 Å². The van der Waals surface area contributed by atoms with E-state index in [0.717, 1.165) is 36.9 Å². The summed E-state index contributed by atoms with van der Waals surface area (Å²) in [4.78, 5) is 0. The van der Waals surface area contributed by atoms with Gasteiger partial charge in [0.05, 0.1) is 6.10 Å². The molecule has 5 nitrogen and oxygen atoms in total. The van der Waals surface area contributed by atoms with Gasteiger partial charge in [0.1, 0.15) is 0 Å². The van der Waals surface area contributed by atoms with Crippen molar-refractivity contribution < 1.29 is 10.3 Å². The highest BCUT2D eigenvalue weighted by atomic mass is 16.4. The number of rotatable bonds is 4. The maximum absolute atomic E-state index is 9.94. The molecule has 1 aromatic carbocycles. The monoisotopic (exact) mass is 277 g/mol. The van der Waals surface area contributed by atoms with Gasteiger partial charge in [-0.3, -0.25) is 0 Å². The number of benzene rings is 1. The second-order valence-corrected chi connectivity index (χ2v) is 5.47. The summed E-state index contributed by atoms with van der Waals surface area (Å²) in [5.74, 6) is 0.121. The number of aliphatic hydroxyl groups excluding tert-OH is 1. The molecule has 1 aromatic rings. The molecule has 2 unspecified atom stereocenters. The lowest BCUT2D eigenvalue weighted by molar-refractivity contribution is 0.0902. The van der Waals surface area contributed by atoms with Crippen molar-refractivity contribution in [3.05, 3.63) is 34.9 Å². The molecule has 1 aliphatic carbocycles. The third kappa shape index (κ3) is 3.49. The summed E-state index contributed by atoms with van der Waals surface area (Å²) < 4.78 is 0. The summed E-state index contributed by atoms with van der Waals surface area (Å²) in [7, 11) is 0. The molecule has 20 heavy (non-hydrogen) atoms. The van der Waals surface area contributed by atoms with E-state index >= 15 is 0 Å². The lowest BCUT2D eigenvalue weighted by Crippen LogP contribution is -2.41. The molecule has 0 saturated heterocycles. The number of aryl methyl sites for hydroxylation is 1. The summed E-state index contributed by atoms with van der Waals surface area (Å²) in [6, 6.07) is 5.91. The van der Waals surface area contributed by atoms with Crippen molar-refractivity contribution in [1.82, 2.24) is 5.32 Å². The third-order valence-electron chi connectivity index (χ3n) is 4.03. The molecule has 0 aromatic heterocycles. The van der Waals surface area contributed by atoms with Crippen LogP contribution < -0.4 is 11.1 Å². The summed E-state index contributed by atoms with van der Waals surface area (Å²) in [6.07, 6.45) is 3.98. The van der Waals surface area contributed by atoms with Gasteiger partial charge in [0.25, 0.3) is 0 Å². The zero-order chi connectivity index (χ0) is 14.5. The van der Waals surface area contributed by atoms with Gasteiger partial charge < -0.3 is 21.4 Å². The molecule has 0 bridgehead atoms. The molecule has 0 heterocycles.